The first-order chi connectivity index (χ1) is 5.22. The molecule has 1 aliphatic rings. The van der Waals surface area contributed by atoms with Crippen LogP contribution in [0.3, 0.4) is 0 Å². The lowest BCUT2D eigenvalue weighted by molar-refractivity contribution is 0.840. The first-order valence-electron chi connectivity index (χ1n) is 4.24. The molecule has 1 N–H and O–H groups in total. The molecule has 1 unspecified atom stereocenters. The largest absolute Gasteiger partial charge is 0.310 e. The number of hydrogen-bond acceptors (Lipinski definition) is 1. The van der Waals surface area contributed by atoms with Gasteiger partial charge in [0.15, 0.2) is 0 Å². The summed E-state index contributed by atoms with van der Waals surface area (Å²) in [5, 5.41) is 3.30. The average molecular weight is 171 g/mol. The van der Waals surface area contributed by atoms with Gasteiger partial charge in [-0.2, -0.15) is 0 Å². The third kappa shape index (κ3) is 3.79. The number of allylic oxidation sites excluding steroid dienone is 1. The van der Waals surface area contributed by atoms with Crippen molar-refractivity contribution in [1.29, 1.82) is 0 Å². The van der Waals surface area contributed by atoms with Gasteiger partial charge >= 0.3 is 0 Å². The minimum atomic E-state index is -0.195. The van der Waals surface area contributed by atoms with Crippen LogP contribution in [0, 0.1) is 0 Å². The Morgan fingerprint density at radius 1 is 1.45 bits per heavy atom. The third-order valence-electron chi connectivity index (χ3n) is 1.80. The molecule has 0 amide bonds. The van der Waals surface area contributed by atoms with Crippen molar-refractivity contribution in [2.45, 2.75) is 18.9 Å². The molecule has 0 aromatic carbocycles. The second-order valence-corrected chi connectivity index (χ2v) is 5.87. The Morgan fingerprint density at radius 3 is 2.45 bits per heavy atom. The third-order valence-corrected chi connectivity index (χ3v) is 2.83. The van der Waals surface area contributed by atoms with E-state index in [1.54, 1.807) is 5.57 Å². The lowest BCUT2D eigenvalue weighted by Gasteiger charge is -2.06. The van der Waals surface area contributed by atoms with Gasteiger partial charge in [0.05, 0.1) is 0 Å². The molecule has 0 aromatic heterocycles. The molecule has 0 saturated heterocycles. The molecule has 64 valence electrons. The normalized spacial score (nSPS) is 18.4. The summed E-state index contributed by atoms with van der Waals surface area (Å²) in [4.78, 5) is 0. The van der Waals surface area contributed by atoms with E-state index in [0.717, 1.165) is 0 Å². The van der Waals surface area contributed by atoms with E-state index in [9.17, 15) is 0 Å². The number of likely N-dealkylation sites (N-methyl/N-ethyl adjacent to an activating group) is 1. The Balaban J connectivity index is 2.49. The Labute approximate surface area is 70.3 Å². The molecule has 1 fully saturated rings. The maximum absolute atomic E-state index is 3.30. The highest BCUT2D eigenvalue weighted by molar-refractivity contribution is 7.55. The maximum atomic E-state index is 3.30. The quantitative estimate of drug-likeness (QED) is 0.502. The van der Waals surface area contributed by atoms with Crippen molar-refractivity contribution in [2.24, 2.45) is 0 Å². The molecule has 1 nitrogen and oxygen atoms in total. The van der Waals surface area contributed by atoms with Crippen molar-refractivity contribution in [3.05, 3.63) is 11.6 Å². The Morgan fingerprint density at radius 2 is 2.09 bits per heavy atom. The van der Waals surface area contributed by atoms with Crippen molar-refractivity contribution in [3.63, 3.8) is 0 Å². The van der Waals surface area contributed by atoms with Gasteiger partial charge in [0.25, 0.3) is 0 Å². The summed E-state index contributed by atoms with van der Waals surface area (Å²) in [6.45, 7) is 4.64. The minimum Gasteiger partial charge on any atom is -0.310 e. The molecule has 1 aliphatic carbocycles. The van der Waals surface area contributed by atoms with E-state index in [0.29, 0.717) is 6.04 Å². The van der Waals surface area contributed by atoms with Crippen molar-refractivity contribution in [2.75, 3.05) is 20.4 Å². The summed E-state index contributed by atoms with van der Waals surface area (Å²) >= 11 is 0. The summed E-state index contributed by atoms with van der Waals surface area (Å²) in [7, 11) is 1.84. The number of nitrogens with one attached hydrogen (secondary N) is 1. The van der Waals surface area contributed by atoms with Gasteiger partial charge in [-0.1, -0.05) is 17.4 Å². The van der Waals surface area contributed by atoms with Gasteiger partial charge in [-0.3, -0.25) is 0 Å². The van der Waals surface area contributed by atoms with Crippen LogP contribution >= 0.6 is 7.55 Å². The maximum Gasteiger partial charge on any atom is 0.0437 e. The highest BCUT2D eigenvalue weighted by Crippen LogP contribution is 2.28. The topological polar surface area (TPSA) is 12.0 Å². The minimum absolute atomic E-state index is 0.195. The van der Waals surface area contributed by atoms with Gasteiger partial charge in [-0.15, -0.1) is 7.55 Å². The number of hydrogen-bond donors (Lipinski definition) is 1. The highest BCUT2D eigenvalue weighted by Gasteiger charge is 2.11. The van der Waals surface area contributed by atoms with Crippen molar-refractivity contribution in [3.8, 4) is 0 Å². The predicted octanol–water partition coefficient (Wildman–Crippen LogP) is 1.57. The first-order valence-corrected chi connectivity index (χ1v) is 6.82. The standard InChI is InChI=1S/C9H18NP/c1-10-9(7-11(2)3)6-8-4-5-8/h6-7,9-11H,4-5H2,1-3H3. The van der Waals surface area contributed by atoms with Crippen molar-refractivity contribution < 1.29 is 0 Å². The molecule has 0 radical (unpaired) electrons. The Bertz CT molecular complexity index is 176. The SMILES string of the molecule is CNC(C=C1CC1)C=[PH](C)C. The van der Waals surface area contributed by atoms with Crippen LogP contribution in [0.4, 0.5) is 0 Å². The molecule has 0 aliphatic heterocycles. The van der Waals surface area contributed by atoms with Crippen LogP contribution < -0.4 is 5.32 Å². The predicted molar refractivity (Wildman–Crippen MR) is 56.4 cm³/mol. The van der Waals surface area contributed by atoms with Crippen LogP contribution in [0.5, 0.6) is 0 Å². The van der Waals surface area contributed by atoms with Crippen molar-refractivity contribution >= 4 is 13.3 Å². The van der Waals surface area contributed by atoms with Crippen LogP contribution in [-0.2, 0) is 0 Å². The zero-order chi connectivity index (χ0) is 8.27. The van der Waals surface area contributed by atoms with E-state index in [2.05, 4.69) is 30.5 Å². The van der Waals surface area contributed by atoms with E-state index in [4.69, 9.17) is 0 Å². The van der Waals surface area contributed by atoms with Gasteiger partial charge < -0.3 is 5.32 Å². The molecule has 0 spiro atoms. The van der Waals surface area contributed by atoms with Crippen LogP contribution in [0.2, 0.25) is 0 Å². The van der Waals surface area contributed by atoms with Gasteiger partial charge in [0.2, 0.25) is 0 Å². The fourth-order valence-electron chi connectivity index (χ4n) is 1.07. The molecule has 0 bridgehead atoms. The van der Waals surface area contributed by atoms with Gasteiger partial charge in [0.1, 0.15) is 0 Å². The van der Waals surface area contributed by atoms with E-state index < -0.39 is 0 Å². The lowest BCUT2D eigenvalue weighted by Crippen LogP contribution is -2.23. The smallest absolute Gasteiger partial charge is 0.0437 e. The second kappa shape index (κ2) is 4.13. The molecular formula is C9H18NP. The van der Waals surface area contributed by atoms with E-state index in [-0.39, 0.29) is 7.55 Å². The van der Waals surface area contributed by atoms with Crippen molar-refractivity contribution in [1.82, 2.24) is 5.32 Å². The molecule has 0 heterocycles. The molecule has 1 atom stereocenters. The van der Waals surface area contributed by atoms with Crippen LogP contribution in [0.15, 0.2) is 11.6 Å². The summed E-state index contributed by atoms with van der Waals surface area (Å²) < 4.78 is 0. The van der Waals surface area contributed by atoms with Gasteiger partial charge in [-0.05, 0) is 33.2 Å². The summed E-state index contributed by atoms with van der Waals surface area (Å²) in [6.07, 6.45) is 5.04. The van der Waals surface area contributed by atoms with Crippen LogP contribution in [0.25, 0.3) is 0 Å². The van der Waals surface area contributed by atoms with E-state index in [1.807, 2.05) is 7.05 Å². The first kappa shape index (κ1) is 9.09. The Kier molecular flexibility index (Phi) is 3.42. The zero-order valence-electron chi connectivity index (χ0n) is 7.65. The van der Waals surface area contributed by atoms with Crippen LogP contribution in [0.1, 0.15) is 12.8 Å². The summed E-state index contributed by atoms with van der Waals surface area (Å²) in [6, 6.07) is 0.538. The lowest BCUT2D eigenvalue weighted by atomic mass is 10.3. The molecule has 1 saturated carbocycles. The van der Waals surface area contributed by atoms with E-state index in [1.165, 1.54) is 12.8 Å². The van der Waals surface area contributed by atoms with Crippen LogP contribution in [-0.4, -0.2) is 32.2 Å². The zero-order valence-corrected chi connectivity index (χ0v) is 8.65. The van der Waals surface area contributed by atoms with Gasteiger partial charge in [-0.25, -0.2) is 0 Å². The Hall–Kier alpha value is -0.0000000000000000555. The molecule has 2 heteroatoms. The van der Waals surface area contributed by atoms with E-state index >= 15 is 0 Å². The summed E-state index contributed by atoms with van der Waals surface area (Å²) in [5.74, 6) is 2.44. The molecule has 0 aromatic rings. The monoisotopic (exact) mass is 171 g/mol. The van der Waals surface area contributed by atoms with Gasteiger partial charge in [0, 0.05) is 6.04 Å². The summed E-state index contributed by atoms with van der Waals surface area (Å²) in [5.41, 5.74) is 1.63. The molecule has 1 rings (SSSR count). The molecule has 11 heavy (non-hydrogen) atoms. The highest BCUT2D eigenvalue weighted by atomic mass is 31.1. The molecular weight excluding hydrogens is 153 g/mol. The average Bonchev–Trinajstić information content (AvgIpc) is 2.69. The number of rotatable bonds is 3. The fourth-order valence-corrected chi connectivity index (χ4v) is 2.05. The second-order valence-electron chi connectivity index (χ2n) is 3.38. The fraction of sp³-hybridized carbons (Fsp3) is 0.667.